The van der Waals surface area contributed by atoms with Crippen LogP contribution in [0.3, 0.4) is 0 Å². The molecule has 1 unspecified atom stereocenters. The van der Waals surface area contributed by atoms with Gasteiger partial charge in [0, 0.05) is 37.9 Å². The molecule has 3 rings (SSSR count). The third-order valence-corrected chi connectivity index (χ3v) is 6.38. The number of benzene rings is 1. The van der Waals surface area contributed by atoms with Gasteiger partial charge in [0.25, 0.3) is 5.91 Å². The summed E-state index contributed by atoms with van der Waals surface area (Å²) < 4.78 is 29.1. The molecule has 1 amide bonds. The summed E-state index contributed by atoms with van der Waals surface area (Å²) in [7, 11) is -2.20. The molecule has 0 bridgehead atoms. The molecule has 1 fully saturated rings. The van der Waals surface area contributed by atoms with Gasteiger partial charge in [-0.25, -0.2) is 8.42 Å². The van der Waals surface area contributed by atoms with Crippen LogP contribution in [0.15, 0.2) is 41.4 Å². The number of primary amides is 1. The van der Waals surface area contributed by atoms with Crippen LogP contribution in [0.25, 0.3) is 0 Å². The Balaban J connectivity index is 0.00000243. The second kappa shape index (κ2) is 7.98. The van der Waals surface area contributed by atoms with E-state index in [0.717, 1.165) is 5.56 Å². The molecule has 1 aliphatic heterocycles. The number of piperazine rings is 1. The molecule has 0 aliphatic carbocycles. The van der Waals surface area contributed by atoms with Crippen LogP contribution in [-0.2, 0) is 17.1 Å². The monoisotopic (exact) mass is 418 g/mol. The molecule has 1 saturated heterocycles. The van der Waals surface area contributed by atoms with Crippen LogP contribution < -0.4 is 11.1 Å². The second-order valence-electron chi connectivity index (χ2n) is 5.93. The summed E-state index contributed by atoms with van der Waals surface area (Å²) in [5.74, 6) is -0.671. The summed E-state index contributed by atoms with van der Waals surface area (Å²) in [4.78, 5) is 11.5. The van der Waals surface area contributed by atoms with E-state index >= 15 is 0 Å². The van der Waals surface area contributed by atoms with Crippen molar-refractivity contribution in [2.24, 2.45) is 12.8 Å². The molecular weight excluding hydrogens is 399 g/mol. The number of rotatable bonds is 4. The van der Waals surface area contributed by atoms with Gasteiger partial charge in [0.05, 0.1) is 6.04 Å². The smallest absolute Gasteiger partial charge is 0.265 e. The Morgan fingerprint density at radius 3 is 2.69 bits per heavy atom. The third-order valence-electron chi connectivity index (χ3n) is 4.27. The van der Waals surface area contributed by atoms with Crippen molar-refractivity contribution >= 4 is 39.9 Å². The molecule has 142 valence electrons. The molecular formula is C16H20Cl2N4O3S. The van der Waals surface area contributed by atoms with Gasteiger partial charge in [-0.05, 0) is 23.8 Å². The van der Waals surface area contributed by atoms with E-state index < -0.39 is 15.9 Å². The summed E-state index contributed by atoms with van der Waals surface area (Å²) >= 11 is 6.06. The molecule has 0 spiro atoms. The number of carbonyl (C=O) groups excluding carboxylic acids is 1. The fourth-order valence-corrected chi connectivity index (χ4v) is 4.91. The van der Waals surface area contributed by atoms with Crippen LogP contribution in [0, 0.1) is 0 Å². The number of nitrogens with one attached hydrogen (secondary N) is 1. The number of aromatic nitrogens is 1. The molecule has 1 atom stereocenters. The Morgan fingerprint density at radius 2 is 2.08 bits per heavy atom. The van der Waals surface area contributed by atoms with E-state index in [1.54, 1.807) is 25.2 Å². The van der Waals surface area contributed by atoms with E-state index in [4.69, 9.17) is 17.3 Å². The number of hydrogen-bond acceptors (Lipinski definition) is 4. The van der Waals surface area contributed by atoms with Gasteiger partial charge in [-0.15, -0.1) is 12.4 Å². The van der Waals surface area contributed by atoms with Gasteiger partial charge in [-0.3, -0.25) is 4.79 Å². The van der Waals surface area contributed by atoms with E-state index in [9.17, 15) is 13.2 Å². The zero-order valence-electron chi connectivity index (χ0n) is 14.1. The van der Waals surface area contributed by atoms with Crippen LogP contribution in [0.5, 0.6) is 0 Å². The fraction of sp³-hybridized carbons (Fsp3) is 0.312. The van der Waals surface area contributed by atoms with Crippen molar-refractivity contribution in [2.45, 2.75) is 10.9 Å². The first-order chi connectivity index (χ1) is 11.8. The Morgan fingerprint density at radius 1 is 1.35 bits per heavy atom. The van der Waals surface area contributed by atoms with Gasteiger partial charge in [0.1, 0.15) is 10.6 Å². The Labute approximate surface area is 163 Å². The predicted octanol–water partition coefficient (Wildman–Crippen LogP) is 1.53. The molecule has 0 radical (unpaired) electrons. The average Bonchev–Trinajstić information content (AvgIpc) is 2.98. The van der Waals surface area contributed by atoms with Crippen molar-refractivity contribution < 1.29 is 13.2 Å². The highest BCUT2D eigenvalue weighted by atomic mass is 35.5. The summed E-state index contributed by atoms with van der Waals surface area (Å²) in [6.07, 6.45) is 1.41. The molecule has 10 heteroatoms. The van der Waals surface area contributed by atoms with Gasteiger partial charge in [-0.1, -0.05) is 23.7 Å². The minimum absolute atomic E-state index is 0. The van der Waals surface area contributed by atoms with E-state index in [1.807, 2.05) is 6.07 Å². The number of aryl methyl sites for hydroxylation is 1. The summed E-state index contributed by atoms with van der Waals surface area (Å²) in [5, 5.41) is 3.76. The summed E-state index contributed by atoms with van der Waals surface area (Å²) in [6.45, 7) is 1.35. The molecule has 3 N–H and O–H groups in total. The topological polar surface area (TPSA) is 97.4 Å². The Kier molecular flexibility index (Phi) is 6.36. The lowest BCUT2D eigenvalue weighted by Crippen LogP contribution is -2.48. The minimum Gasteiger partial charge on any atom is -0.364 e. The molecule has 26 heavy (non-hydrogen) atoms. The van der Waals surface area contributed by atoms with Crippen LogP contribution in [0.4, 0.5) is 0 Å². The maximum atomic E-state index is 13.1. The van der Waals surface area contributed by atoms with Crippen molar-refractivity contribution in [2.75, 3.05) is 19.6 Å². The lowest BCUT2D eigenvalue weighted by Gasteiger charge is -2.35. The number of nitrogens with zero attached hydrogens (tertiary/aromatic N) is 2. The molecule has 2 aromatic rings. The number of nitrogens with two attached hydrogens (primary N) is 1. The number of halogens is 2. The number of sulfonamides is 1. The van der Waals surface area contributed by atoms with E-state index in [2.05, 4.69) is 5.32 Å². The molecule has 2 heterocycles. The standard InChI is InChI=1S/C16H19ClN4O3S.ClH/c1-20-10-13(8-14(20)16(18)22)25(23,24)21-6-5-19-9-15(21)11-3-2-4-12(17)7-11;/h2-4,7-8,10,15,19H,5-6,9H2,1H3,(H2,18,22);1H. The zero-order valence-corrected chi connectivity index (χ0v) is 16.4. The predicted molar refractivity (Wildman–Crippen MR) is 102 cm³/mol. The first-order valence-electron chi connectivity index (χ1n) is 7.75. The zero-order chi connectivity index (χ0) is 18.2. The SMILES string of the molecule is Cl.Cn1cc(S(=O)(=O)N2CCNCC2c2cccc(Cl)c2)cc1C(N)=O. The molecule has 1 aromatic heterocycles. The van der Waals surface area contributed by atoms with Crippen molar-refractivity contribution in [3.05, 3.63) is 52.8 Å². The first-order valence-corrected chi connectivity index (χ1v) is 9.56. The van der Waals surface area contributed by atoms with Gasteiger partial charge in [-0.2, -0.15) is 4.31 Å². The van der Waals surface area contributed by atoms with Crippen molar-refractivity contribution in [1.29, 1.82) is 0 Å². The second-order valence-corrected chi connectivity index (χ2v) is 8.25. The van der Waals surface area contributed by atoms with E-state index in [1.165, 1.54) is 21.1 Å². The fourth-order valence-electron chi connectivity index (χ4n) is 3.03. The summed E-state index contributed by atoms with van der Waals surface area (Å²) in [5.41, 5.74) is 6.25. The maximum absolute atomic E-state index is 13.1. The molecule has 7 nitrogen and oxygen atoms in total. The minimum atomic E-state index is -3.79. The molecule has 1 aromatic carbocycles. The van der Waals surface area contributed by atoms with Crippen LogP contribution in [-0.4, -0.2) is 42.8 Å². The Hall–Kier alpha value is -1.58. The highest BCUT2D eigenvalue weighted by Crippen LogP contribution is 2.30. The van der Waals surface area contributed by atoms with Gasteiger partial charge in [0.15, 0.2) is 0 Å². The highest BCUT2D eigenvalue weighted by Gasteiger charge is 2.35. The highest BCUT2D eigenvalue weighted by molar-refractivity contribution is 7.89. The maximum Gasteiger partial charge on any atom is 0.265 e. The normalized spacial score (nSPS) is 18.3. The molecule has 0 saturated carbocycles. The van der Waals surface area contributed by atoms with Crippen LogP contribution in [0.2, 0.25) is 5.02 Å². The van der Waals surface area contributed by atoms with Crippen LogP contribution in [0.1, 0.15) is 22.1 Å². The van der Waals surface area contributed by atoms with E-state index in [0.29, 0.717) is 24.7 Å². The van der Waals surface area contributed by atoms with Gasteiger partial charge in [0.2, 0.25) is 10.0 Å². The molecule has 1 aliphatic rings. The van der Waals surface area contributed by atoms with Gasteiger partial charge < -0.3 is 15.6 Å². The quantitative estimate of drug-likeness (QED) is 0.786. The van der Waals surface area contributed by atoms with Crippen molar-refractivity contribution in [1.82, 2.24) is 14.2 Å². The number of carbonyl (C=O) groups is 1. The largest absolute Gasteiger partial charge is 0.364 e. The third kappa shape index (κ3) is 3.89. The first kappa shape index (κ1) is 20.7. The van der Waals surface area contributed by atoms with Crippen molar-refractivity contribution in [3.63, 3.8) is 0 Å². The number of hydrogen-bond donors (Lipinski definition) is 2. The average molecular weight is 419 g/mol. The number of amides is 1. The Bertz CT molecular complexity index is 914. The van der Waals surface area contributed by atoms with Crippen molar-refractivity contribution in [3.8, 4) is 0 Å². The van der Waals surface area contributed by atoms with Gasteiger partial charge >= 0.3 is 0 Å². The lowest BCUT2D eigenvalue weighted by molar-refractivity contribution is 0.0992. The van der Waals surface area contributed by atoms with E-state index in [-0.39, 0.29) is 29.0 Å². The lowest BCUT2D eigenvalue weighted by atomic mass is 10.1. The summed E-state index contributed by atoms with van der Waals surface area (Å²) in [6, 6.07) is 8.10. The van der Waals surface area contributed by atoms with Crippen LogP contribution >= 0.6 is 24.0 Å².